The van der Waals surface area contributed by atoms with Gasteiger partial charge in [0.2, 0.25) is 5.95 Å². The predicted octanol–water partition coefficient (Wildman–Crippen LogP) is 5.68. The fourth-order valence-electron chi connectivity index (χ4n) is 4.40. The van der Waals surface area contributed by atoms with Gasteiger partial charge in [-0.3, -0.25) is 19.2 Å². The first-order valence-corrected chi connectivity index (χ1v) is 11.5. The fraction of sp³-hybridized carbons (Fsp3) is 0.478. The second-order valence-corrected chi connectivity index (χ2v) is 9.03. The Labute approximate surface area is 187 Å². The van der Waals surface area contributed by atoms with Crippen molar-refractivity contribution in [1.82, 2.24) is 14.5 Å². The Morgan fingerprint density at radius 2 is 1.87 bits per heavy atom. The van der Waals surface area contributed by atoms with Gasteiger partial charge in [0.1, 0.15) is 0 Å². The largest absolute Gasteiger partial charge is 0.298 e. The van der Waals surface area contributed by atoms with E-state index in [1.165, 1.54) is 31.3 Å². The normalized spacial score (nSPS) is 17.1. The van der Waals surface area contributed by atoms with Crippen LogP contribution in [0, 0.1) is 6.92 Å². The van der Waals surface area contributed by atoms with Gasteiger partial charge < -0.3 is 0 Å². The highest BCUT2D eigenvalue weighted by atomic mass is 35.5. The summed E-state index contributed by atoms with van der Waals surface area (Å²) in [7, 11) is 0. The van der Waals surface area contributed by atoms with E-state index in [-0.39, 0.29) is 5.56 Å². The second-order valence-electron chi connectivity index (χ2n) is 8.15. The first kappa shape index (κ1) is 21.4. The summed E-state index contributed by atoms with van der Waals surface area (Å²) in [6.07, 6.45) is 9.06. The number of allylic oxidation sites excluding steroid dienone is 1. The number of hydrogen-bond donors (Lipinski definition) is 0. The van der Waals surface area contributed by atoms with Crippen LogP contribution in [0.5, 0.6) is 0 Å². The molecular weight excluding hydrogens is 419 g/mol. The smallest absolute Gasteiger partial charge is 0.259 e. The van der Waals surface area contributed by atoms with Crippen molar-refractivity contribution in [2.24, 2.45) is 0 Å². The molecule has 0 fully saturated rings. The number of fused-ring (bicyclic) bond motifs is 1. The Balaban J connectivity index is 1.71. The molecule has 0 atom stereocenters. The van der Waals surface area contributed by atoms with Crippen LogP contribution in [0.15, 0.2) is 34.6 Å². The lowest BCUT2D eigenvalue weighted by Gasteiger charge is -2.38. The summed E-state index contributed by atoms with van der Waals surface area (Å²) in [5, 5.41) is 1.13. The molecule has 1 aromatic heterocycles. The standard InChI is InChI=1S/C23H28Cl2N4O/c1-3-21-16(2)26-23-28(20-12-18(24)11-19(25)13-20)14-27(15-29(23)22(21)30)10-9-17-7-5-4-6-8-17/h7,11-13H,3-6,8-10,14-15H2,1-2H3. The molecule has 0 unspecified atom stereocenters. The second kappa shape index (κ2) is 9.13. The molecule has 4 rings (SSSR count). The van der Waals surface area contributed by atoms with E-state index in [1.54, 1.807) is 10.6 Å². The Morgan fingerprint density at radius 3 is 2.53 bits per heavy atom. The van der Waals surface area contributed by atoms with E-state index < -0.39 is 0 Å². The van der Waals surface area contributed by atoms with Crippen LogP contribution in [0.2, 0.25) is 10.0 Å². The van der Waals surface area contributed by atoms with E-state index in [4.69, 9.17) is 28.2 Å². The van der Waals surface area contributed by atoms with Gasteiger partial charge in [0.05, 0.1) is 13.3 Å². The molecule has 0 spiro atoms. The van der Waals surface area contributed by atoms with Crippen molar-refractivity contribution in [2.45, 2.75) is 59.0 Å². The maximum atomic E-state index is 13.2. The summed E-state index contributed by atoms with van der Waals surface area (Å²) >= 11 is 12.6. The van der Waals surface area contributed by atoms with Crippen molar-refractivity contribution in [3.8, 4) is 0 Å². The van der Waals surface area contributed by atoms with Crippen LogP contribution in [-0.2, 0) is 13.1 Å². The number of aryl methyl sites for hydroxylation is 1. The summed E-state index contributed by atoms with van der Waals surface area (Å²) in [5.74, 6) is 0.654. The van der Waals surface area contributed by atoms with Crippen molar-refractivity contribution in [2.75, 3.05) is 18.1 Å². The highest BCUT2D eigenvalue weighted by Gasteiger charge is 2.28. The molecule has 0 amide bonds. The van der Waals surface area contributed by atoms with Gasteiger partial charge in [-0.1, -0.05) is 41.8 Å². The minimum Gasteiger partial charge on any atom is -0.298 e. The third-order valence-electron chi connectivity index (χ3n) is 6.02. The molecule has 2 aliphatic rings. The average Bonchev–Trinajstić information content (AvgIpc) is 2.72. The molecule has 0 saturated carbocycles. The first-order valence-electron chi connectivity index (χ1n) is 10.7. The topological polar surface area (TPSA) is 41.4 Å². The maximum absolute atomic E-state index is 13.2. The van der Waals surface area contributed by atoms with Crippen molar-refractivity contribution >= 4 is 34.8 Å². The number of benzene rings is 1. The van der Waals surface area contributed by atoms with Crippen LogP contribution >= 0.6 is 23.2 Å². The van der Waals surface area contributed by atoms with Crippen molar-refractivity contribution < 1.29 is 0 Å². The predicted molar refractivity (Wildman–Crippen MR) is 124 cm³/mol. The van der Waals surface area contributed by atoms with E-state index in [2.05, 4.69) is 11.0 Å². The van der Waals surface area contributed by atoms with Gasteiger partial charge >= 0.3 is 0 Å². The monoisotopic (exact) mass is 446 g/mol. The van der Waals surface area contributed by atoms with Gasteiger partial charge in [-0.25, -0.2) is 4.98 Å². The lowest BCUT2D eigenvalue weighted by Crippen LogP contribution is -2.48. The highest BCUT2D eigenvalue weighted by Crippen LogP contribution is 2.32. The molecule has 1 aliphatic carbocycles. The van der Waals surface area contributed by atoms with Crippen LogP contribution in [0.3, 0.4) is 0 Å². The molecule has 0 saturated heterocycles. The number of nitrogens with zero attached hydrogens (tertiary/aromatic N) is 4. The zero-order valence-electron chi connectivity index (χ0n) is 17.6. The highest BCUT2D eigenvalue weighted by molar-refractivity contribution is 6.35. The molecule has 7 heteroatoms. The summed E-state index contributed by atoms with van der Waals surface area (Å²) in [4.78, 5) is 22.4. The SMILES string of the molecule is CCc1c(C)nc2n(c1=O)CN(CCC1=CCCCC1)CN2c1cc(Cl)cc(Cl)c1. The molecule has 2 heterocycles. The van der Waals surface area contributed by atoms with E-state index in [0.717, 1.165) is 29.9 Å². The van der Waals surface area contributed by atoms with E-state index in [0.29, 0.717) is 35.8 Å². The summed E-state index contributed by atoms with van der Waals surface area (Å²) in [6, 6.07) is 5.47. The number of aromatic nitrogens is 2. The average molecular weight is 447 g/mol. The molecule has 5 nitrogen and oxygen atoms in total. The molecule has 160 valence electrons. The van der Waals surface area contributed by atoms with Crippen LogP contribution in [0.25, 0.3) is 0 Å². The Morgan fingerprint density at radius 1 is 1.10 bits per heavy atom. The third-order valence-corrected chi connectivity index (χ3v) is 6.46. The van der Waals surface area contributed by atoms with Gasteiger partial charge in [0.15, 0.2) is 0 Å². The Bertz CT molecular complexity index is 1010. The zero-order chi connectivity index (χ0) is 21.3. The number of hydrogen-bond acceptors (Lipinski definition) is 4. The maximum Gasteiger partial charge on any atom is 0.259 e. The lowest BCUT2D eigenvalue weighted by molar-refractivity contribution is 0.199. The van der Waals surface area contributed by atoms with Crippen LogP contribution < -0.4 is 10.5 Å². The van der Waals surface area contributed by atoms with E-state index in [1.807, 2.05) is 30.9 Å². The van der Waals surface area contributed by atoms with Crippen LogP contribution in [-0.4, -0.2) is 27.7 Å². The van der Waals surface area contributed by atoms with Crippen molar-refractivity contribution in [1.29, 1.82) is 0 Å². The number of rotatable bonds is 5. The van der Waals surface area contributed by atoms with Gasteiger partial charge in [-0.2, -0.15) is 0 Å². The van der Waals surface area contributed by atoms with E-state index in [9.17, 15) is 4.79 Å². The molecule has 0 bridgehead atoms. The summed E-state index contributed by atoms with van der Waals surface area (Å²) in [6.45, 7) is 6.00. The minimum absolute atomic E-state index is 0.0414. The van der Waals surface area contributed by atoms with Crippen LogP contribution in [0.4, 0.5) is 11.6 Å². The first-order chi connectivity index (χ1) is 14.5. The molecule has 1 aliphatic heterocycles. The number of anilines is 2. The van der Waals surface area contributed by atoms with Gasteiger partial charge in [0.25, 0.3) is 5.56 Å². The zero-order valence-corrected chi connectivity index (χ0v) is 19.1. The Kier molecular flexibility index (Phi) is 6.51. The van der Waals surface area contributed by atoms with Crippen LogP contribution in [0.1, 0.15) is 50.3 Å². The summed E-state index contributed by atoms with van der Waals surface area (Å²) < 4.78 is 1.79. The lowest BCUT2D eigenvalue weighted by atomic mass is 9.97. The molecule has 2 aromatic rings. The fourth-order valence-corrected chi connectivity index (χ4v) is 4.92. The molecular formula is C23H28Cl2N4O. The molecule has 0 radical (unpaired) electrons. The van der Waals surface area contributed by atoms with Gasteiger partial charge in [-0.05, 0) is 63.6 Å². The molecule has 0 N–H and O–H groups in total. The molecule has 30 heavy (non-hydrogen) atoms. The van der Waals surface area contributed by atoms with E-state index >= 15 is 0 Å². The van der Waals surface area contributed by atoms with Gasteiger partial charge in [-0.15, -0.1) is 0 Å². The van der Waals surface area contributed by atoms with Crippen molar-refractivity contribution in [3.05, 3.63) is 61.5 Å². The quantitative estimate of drug-likeness (QED) is 0.553. The van der Waals surface area contributed by atoms with Gasteiger partial charge in [0, 0.05) is 33.5 Å². The molecule has 1 aromatic carbocycles. The number of halogens is 2. The minimum atomic E-state index is 0.0414. The summed E-state index contributed by atoms with van der Waals surface area (Å²) in [5.41, 5.74) is 3.98. The third kappa shape index (κ3) is 4.43. The Hall–Kier alpha value is -1.82. The van der Waals surface area contributed by atoms with Crippen molar-refractivity contribution in [3.63, 3.8) is 0 Å².